The summed E-state index contributed by atoms with van der Waals surface area (Å²) in [6.07, 6.45) is 0. The van der Waals surface area contributed by atoms with Gasteiger partial charge in [-0.15, -0.1) is 0 Å². The third kappa shape index (κ3) is 1.28. The molecule has 2 aromatic rings. The number of carbonyl (C=O) groups is 2. The fourth-order valence-electron chi connectivity index (χ4n) is 2.01. The minimum atomic E-state index is -0.333. The van der Waals surface area contributed by atoms with E-state index in [9.17, 15) is 9.59 Å². The van der Waals surface area contributed by atoms with Gasteiger partial charge in [0.15, 0.2) is 17.3 Å². The highest BCUT2D eigenvalue weighted by Gasteiger charge is 2.36. The lowest BCUT2D eigenvalue weighted by Crippen LogP contribution is -2.16. The highest BCUT2D eigenvalue weighted by atomic mass is 16.4. The zero-order chi connectivity index (χ0) is 12.9. The topological polar surface area (TPSA) is 60.4 Å². The first-order valence-electron chi connectivity index (χ1n) is 5.38. The van der Waals surface area contributed by atoms with Crippen molar-refractivity contribution in [2.75, 3.05) is 0 Å². The number of rotatable bonds is 0. The Bertz CT molecular complexity index is 696. The normalized spacial score (nSPS) is 12.8. The van der Waals surface area contributed by atoms with Crippen LogP contribution in [0.3, 0.4) is 0 Å². The van der Waals surface area contributed by atoms with Gasteiger partial charge in [0, 0.05) is 6.07 Å². The van der Waals surface area contributed by atoms with Crippen LogP contribution in [0.15, 0.2) is 21.0 Å². The van der Waals surface area contributed by atoms with Crippen LogP contribution >= 0.6 is 0 Å². The van der Waals surface area contributed by atoms with Crippen molar-refractivity contribution in [1.82, 2.24) is 0 Å². The summed E-state index contributed by atoms with van der Waals surface area (Å²) in [6.45, 7) is 3.34. The highest BCUT2D eigenvalue weighted by Crippen LogP contribution is 2.31. The number of ketones is 2. The van der Waals surface area contributed by atoms with E-state index in [0.29, 0.717) is 11.5 Å². The molecule has 18 heavy (non-hydrogen) atoms. The fourth-order valence-corrected chi connectivity index (χ4v) is 2.01. The molecule has 1 aliphatic carbocycles. The van der Waals surface area contributed by atoms with E-state index in [-0.39, 0.29) is 34.2 Å². The van der Waals surface area contributed by atoms with E-state index in [0.717, 1.165) is 0 Å². The second-order valence-electron chi connectivity index (χ2n) is 3.99. The van der Waals surface area contributed by atoms with E-state index in [1.807, 2.05) is 0 Å². The lowest BCUT2D eigenvalue weighted by Gasteiger charge is -2.05. The van der Waals surface area contributed by atoms with Gasteiger partial charge in [0.2, 0.25) is 11.6 Å². The molecule has 1 aliphatic rings. The first-order valence-corrected chi connectivity index (χ1v) is 5.38. The monoisotopic (exact) mass is 240 g/mol. The summed E-state index contributed by atoms with van der Waals surface area (Å²) in [7, 11) is 0. The molecule has 0 aliphatic heterocycles. The second kappa shape index (κ2) is 3.47. The molecule has 88 valence electrons. The van der Waals surface area contributed by atoms with Gasteiger partial charge in [0.1, 0.15) is 5.76 Å². The Kier molecular flexibility index (Phi) is 2.05. The van der Waals surface area contributed by atoms with Crippen LogP contribution in [0.1, 0.15) is 50.7 Å². The quantitative estimate of drug-likeness (QED) is 0.566. The lowest BCUT2D eigenvalue weighted by atomic mass is 9.94. The van der Waals surface area contributed by atoms with Crippen LogP contribution in [0.25, 0.3) is 0 Å². The van der Waals surface area contributed by atoms with Crippen molar-refractivity contribution in [2.45, 2.75) is 13.8 Å². The van der Waals surface area contributed by atoms with Gasteiger partial charge in [0.05, 0.1) is 11.1 Å². The van der Waals surface area contributed by atoms with E-state index >= 15 is 0 Å². The summed E-state index contributed by atoms with van der Waals surface area (Å²) in [5.74, 6) is 5.65. The van der Waals surface area contributed by atoms with Gasteiger partial charge < -0.3 is 8.83 Å². The molecule has 2 heterocycles. The zero-order valence-electron chi connectivity index (χ0n) is 9.79. The molecular weight excluding hydrogens is 232 g/mol. The highest BCUT2D eigenvalue weighted by molar-refractivity contribution is 6.26. The first-order chi connectivity index (χ1) is 8.61. The summed E-state index contributed by atoms with van der Waals surface area (Å²) < 4.78 is 10.6. The molecule has 0 radical (unpaired) electrons. The Morgan fingerprint density at radius 3 is 2.28 bits per heavy atom. The standard InChI is InChI=1S/C14H8O4/c1-3-4-8-6-10-12(16)13-9(5-7(2)17-13)11(15)14(10)18-8/h5-6H,1-2H3. The van der Waals surface area contributed by atoms with Crippen LogP contribution in [0.4, 0.5) is 0 Å². The van der Waals surface area contributed by atoms with Crippen LogP contribution in [-0.4, -0.2) is 11.6 Å². The van der Waals surface area contributed by atoms with Gasteiger partial charge >= 0.3 is 0 Å². The molecule has 0 spiro atoms. The van der Waals surface area contributed by atoms with E-state index < -0.39 is 0 Å². The fraction of sp³-hybridized carbons (Fsp3) is 0.143. The predicted octanol–water partition coefficient (Wildman–Crippen LogP) is 2.33. The van der Waals surface area contributed by atoms with E-state index in [1.165, 1.54) is 6.07 Å². The Morgan fingerprint density at radius 1 is 1.00 bits per heavy atom. The smallest absolute Gasteiger partial charge is 0.233 e. The molecule has 0 saturated carbocycles. The Hall–Kier alpha value is -2.54. The second-order valence-corrected chi connectivity index (χ2v) is 3.99. The lowest BCUT2D eigenvalue weighted by molar-refractivity contribution is 0.0943. The minimum absolute atomic E-state index is 0.0473. The van der Waals surface area contributed by atoms with Crippen molar-refractivity contribution in [2.24, 2.45) is 0 Å². The third-order valence-electron chi connectivity index (χ3n) is 2.74. The molecule has 0 unspecified atom stereocenters. The number of hydrogen-bond acceptors (Lipinski definition) is 4. The number of carbonyl (C=O) groups excluding carboxylic acids is 2. The molecule has 0 bridgehead atoms. The summed E-state index contributed by atoms with van der Waals surface area (Å²) in [4.78, 5) is 24.3. The minimum Gasteiger partial charge on any atom is -0.457 e. The van der Waals surface area contributed by atoms with Gasteiger partial charge in [-0.1, -0.05) is 5.92 Å². The van der Waals surface area contributed by atoms with Gasteiger partial charge in [-0.2, -0.15) is 0 Å². The molecule has 0 amide bonds. The van der Waals surface area contributed by atoms with Crippen molar-refractivity contribution < 1.29 is 18.4 Å². The van der Waals surface area contributed by atoms with Gasteiger partial charge in [-0.25, -0.2) is 0 Å². The molecule has 0 fully saturated rings. The molecule has 3 rings (SSSR count). The van der Waals surface area contributed by atoms with Crippen LogP contribution < -0.4 is 0 Å². The Balaban J connectivity index is 2.24. The number of aryl methyl sites for hydroxylation is 1. The molecule has 0 atom stereocenters. The van der Waals surface area contributed by atoms with Gasteiger partial charge in [-0.3, -0.25) is 9.59 Å². The maximum atomic E-state index is 12.1. The van der Waals surface area contributed by atoms with Crippen LogP contribution in [0.5, 0.6) is 0 Å². The van der Waals surface area contributed by atoms with Gasteiger partial charge in [0.25, 0.3) is 0 Å². The maximum Gasteiger partial charge on any atom is 0.233 e. The molecule has 0 aromatic carbocycles. The Labute approximate surface area is 103 Å². The molecular formula is C14H8O4. The van der Waals surface area contributed by atoms with Gasteiger partial charge in [-0.05, 0) is 25.8 Å². The SMILES string of the molecule is CC#Cc1cc2c(o1)C(=O)c1cc(C)oc1C2=O. The molecule has 2 aromatic heterocycles. The molecule has 0 saturated heterocycles. The summed E-state index contributed by atoms with van der Waals surface area (Å²) in [5.41, 5.74) is 0.481. The van der Waals surface area contributed by atoms with Crippen molar-refractivity contribution >= 4 is 11.6 Å². The van der Waals surface area contributed by atoms with E-state index in [2.05, 4.69) is 11.8 Å². The van der Waals surface area contributed by atoms with Crippen molar-refractivity contribution in [3.8, 4) is 11.8 Å². The number of fused-ring (bicyclic) bond motifs is 2. The molecule has 4 heteroatoms. The summed E-state index contributed by atoms with van der Waals surface area (Å²) in [6, 6.07) is 3.03. The number of furan rings is 2. The molecule has 0 N–H and O–H groups in total. The average molecular weight is 240 g/mol. The molecule has 4 nitrogen and oxygen atoms in total. The van der Waals surface area contributed by atoms with Crippen molar-refractivity contribution in [1.29, 1.82) is 0 Å². The summed E-state index contributed by atoms with van der Waals surface area (Å²) in [5, 5.41) is 0. The van der Waals surface area contributed by atoms with Crippen LogP contribution in [0, 0.1) is 18.8 Å². The zero-order valence-corrected chi connectivity index (χ0v) is 9.79. The van der Waals surface area contributed by atoms with Crippen molar-refractivity contribution in [3.63, 3.8) is 0 Å². The van der Waals surface area contributed by atoms with Crippen molar-refractivity contribution in [3.05, 3.63) is 46.3 Å². The van der Waals surface area contributed by atoms with E-state index in [4.69, 9.17) is 8.83 Å². The predicted molar refractivity (Wildman–Crippen MR) is 61.6 cm³/mol. The van der Waals surface area contributed by atoms with Crippen LogP contribution in [0.2, 0.25) is 0 Å². The summed E-state index contributed by atoms with van der Waals surface area (Å²) >= 11 is 0. The third-order valence-corrected chi connectivity index (χ3v) is 2.74. The average Bonchev–Trinajstić information content (AvgIpc) is 2.91. The van der Waals surface area contributed by atoms with E-state index in [1.54, 1.807) is 19.9 Å². The Morgan fingerprint density at radius 2 is 1.61 bits per heavy atom. The largest absolute Gasteiger partial charge is 0.457 e. The first kappa shape index (κ1) is 10.6. The van der Waals surface area contributed by atoms with Crippen LogP contribution in [-0.2, 0) is 0 Å². The number of hydrogen-bond donors (Lipinski definition) is 0. The maximum absolute atomic E-state index is 12.1.